The Bertz CT molecular complexity index is 364. The average molecular weight is 346 g/mol. The molecule has 1 amide bonds. The first kappa shape index (κ1) is 14.4. The summed E-state index contributed by atoms with van der Waals surface area (Å²) >= 11 is 2.28. The third-order valence-electron chi connectivity index (χ3n) is 2.83. The summed E-state index contributed by atoms with van der Waals surface area (Å²) in [4.78, 5) is 13.3. The first-order valence-corrected chi connectivity index (χ1v) is 6.85. The molecular weight excluding hydrogens is 327 g/mol. The zero-order valence-corrected chi connectivity index (χ0v) is 12.7. The predicted octanol–water partition coefficient (Wildman–Crippen LogP) is 2.42. The first-order chi connectivity index (χ1) is 8.04. The van der Waals surface area contributed by atoms with Crippen molar-refractivity contribution in [3.05, 3.63) is 33.4 Å². The van der Waals surface area contributed by atoms with E-state index in [1.165, 1.54) is 9.13 Å². The van der Waals surface area contributed by atoms with Gasteiger partial charge >= 0.3 is 0 Å². The molecule has 17 heavy (non-hydrogen) atoms. The molecule has 0 aliphatic carbocycles. The Labute approximate surface area is 117 Å². The van der Waals surface area contributed by atoms with Crippen LogP contribution in [-0.2, 0) is 4.79 Å². The quantitative estimate of drug-likeness (QED) is 0.831. The zero-order valence-electron chi connectivity index (χ0n) is 10.5. The van der Waals surface area contributed by atoms with Crippen LogP contribution < -0.4 is 5.32 Å². The molecule has 0 aliphatic heterocycles. The lowest BCUT2D eigenvalue weighted by molar-refractivity contribution is -0.128. The fraction of sp³-hybridized carbons (Fsp3) is 0.462. The average Bonchev–Trinajstić information content (AvgIpc) is 2.35. The number of hydrogen-bond acceptors (Lipinski definition) is 2. The summed E-state index contributed by atoms with van der Waals surface area (Å²) < 4.78 is 1.22. The Morgan fingerprint density at radius 2 is 2.00 bits per heavy atom. The van der Waals surface area contributed by atoms with E-state index in [4.69, 9.17) is 0 Å². The molecule has 0 heterocycles. The van der Waals surface area contributed by atoms with Gasteiger partial charge in [0.1, 0.15) is 0 Å². The highest BCUT2D eigenvalue weighted by Gasteiger charge is 2.09. The number of nitrogens with one attached hydrogen (secondary N) is 1. The van der Waals surface area contributed by atoms with Gasteiger partial charge in [-0.25, -0.2) is 0 Å². The molecule has 94 valence electrons. The van der Waals surface area contributed by atoms with Crippen LogP contribution in [0.4, 0.5) is 0 Å². The number of rotatable bonds is 5. The van der Waals surface area contributed by atoms with Gasteiger partial charge in [-0.15, -0.1) is 0 Å². The fourth-order valence-corrected chi connectivity index (χ4v) is 1.78. The van der Waals surface area contributed by atoms with E-state index < -0.39 is 0 Å². The highest BCUT2D eigenvalue weighted by Crippen LogP contribution is 2.14. The maximum atomic E-state index is 11.6. The van der Waals surface area contributed by atoms with Crippen molar-refractivity contribution in [2.45, 2.75) is 19.9 Å². The zero-order chi connectivity index (χ0) is 12.8. The third-order valence-corrected chi connectivity index (χ3v) is 3.55. The van der Waals surface area contributed by atoms with Gasteiger partial charge in [0.15, 0.2) is 0 Å². The van der Waals surface area contributed by atoms with Crippen molar-refractivity contribution in [1.29, 1.82) is 0 Å². The maximum absolute atomic E-state index is 11.6. The highest BCUT2D eigenvalue weighted by atomic mass is 127. The van der Waals surface area contributed by atoms with E-state index in [1.54, 1.807) is 4.90 Å². The topological polar surface area (TPSA) is 32.3 Å². The predicted molar refractivity (Wildman–Crippen MR) is 78.9 cm³/mol. The van der Waals surface area contributed by atoms with Crippen LogP contribution in [0.1, 0.15) is 25.5 Å². The fourth-order valence-electron chi connectivity index (χ4n) is 1.42. The first-order valence-electron chi connectivity index (χ1n) is 5.77. The van der Waals surface area contributed by atoms with Gasteiger partial charge in [0, 0.05) is 23.2 Å². The normalized spacial score (nSPS) is 12.2. The number of halogens is 1. The summed E-state index contributed by atoms with van der Waals surface area (Å²) in [7, 11) is 1.82. The van der Waals surface area contributed by atoms with E-state index in [9.17, 15) is 4.79 Å². The second-order valence-electron chi connectivity index (χ2n) is 4.06. The van der Waals surface area contributed by atoms with Crippen LogP contribution in [0, 0.1) is 3.57 Å². The van der Waals surface area contributed by atoms with Crippen molar-refractivity contribution in [1.82, 2.24) is 10.2 Å². The number of nitrogens with zero attached hydrogens (tertiary/aromatic N) is 1. The van der Waals surface area contributed by atoms with Gasteiger partial charge in [0.2, 0.25) is 5.91 Å². The van der Waals surface area contributed by atoms with Gasteiger partial charge < -0.3 is 10.2 Å². The molecule has 0 bridgehead atoms. The largest absolute Gasteiger partial charge is 0.345 e. The van der Waals surface area contributed by atoms with Crippen LogP contribution in [0.15, 0.2) is 24.3 Å². The van der Waals surface area contributed by atoms with E-state index in [-0.39, 0.29) is 11.9 Å². The standard InChI is InChI=1S/C13H19IN2O/c1-4-16(3)13(17)9-15-10(2)11-5-7-12(14)8-6-11/h5-8,10,15H,4,9H2,1-3H3. The van der Waals surface area contributed by atoms with Gasteiger partial charge in [0.25, 0.3) is 0 Å². The molecule has 4 heteroatoms. The second kappa shape index (κ2) is 6.96. The molecule has 3 nitrogen and oxygen atoms in total. The van der Waals surface area contributed by atoms with Crippen LogP contribution in [0.2, 0.25) is 0 Å². The molecule has 1 aromatic rings. The van der Waals surface area contributed by atoms with Crippen LogP contribution in [0.25, 0.3) is 0 Å². The summed E-state index contributed by atoms with van der Waals surface area (Å²) in [6, 6.07) is 8.53. The van der Waals surface area contributed by atoms with Crippen LogP contribution in [0.5, 0.6) is 0 Å². The molecule has 0 spiro atoms. The smallest absolute Gasteiger partial charge is 0.236 e. The lowest BCUT2D eigenvalue weighted by Crippen LogP contribution is -2.36. The summed E-state index contributed by atoms with van der Waals surface area (Å²) in [6.07, 6.45) is 0. The Hall–Kier alpha value is -0.620. The number of hydrogen-bond donors (Lipinski definition) is 1. The minimum atomic E-state index is 0.130. The molecule has 1 rings (SSSR count). The number of benzene rings is 1. The van der Waals surface area contributed by atoms with E-state index in [0.717, 1.165) is 6.54 Å². The van der Waals surface area contributed by atoms with E-state index >= 15 is 0 Å². The minimum Gasteiger partial charge on any atom is -0.345 e. The van der Waals surface area contributed by atoms with Crippen molar-refractivity contribution in [3.8, 4) is 0 Å². The van der Waals surface area contributed by atoms with Crippen molar-refractivity contribution in [3.63, 3.8) is 0 Å². The number of likely N-dealkylation sites (N-methyl/N-ethyl adjacent to an activating group) is 1. The molecule has 0 saturated heterocycles. The lowest BCUT2D eigenvalue weighted by atomic mass is 10.1. The number of carbonyl (C=O) groups excluding carboxylic acids is 1. The van der Waals surface area contributed by atoms with Crippen molar-refractivity contribution < 1.29 is 4.79 Å². The highest BCUT2D eigenvalue weighted by molar-refractivity contribution is 14.1. The number of carbonyl (C=O) groups is 1. The Morgan fingerprint density at radius 1 is 1.41 bits per heavy atom. The molecule has 1 N–H and O–H groups in total. The molecule has 0 aromatic heterocycles. The Balaban J connectivity index is 2.47. The van der Waals surface area contributed by atoms with E-state index in [0.29, 0.717) is 6.54 Å². The Morgan fingerprint density at radius 3 is 2.53 bits per heavy atom. The molecule has 1 unspecified atom stereocenters. The van der Waals surface area contributed by atoms with E-state index in [2.05, 4.69) is 59.1 Å². The van der Waals surface area contributed by atoms with Crippen LogP contribution >= 0.6 is 22.6 Å². The van der Waals surface area contributed by atoms with Crippen molar-refractivity contribution in [2.75, 3.05) is 20.1 Å². The summed E-state index contributed by atoms with van der Waals surface area (Å²) in [6.45, 7) is 5.18. The van der Waals surface area contributed by atoms with Gasteiger partial charge in [-0.1, -0.05) is 12.1 Å². The molecule has 1 atom stereocenters. The van der Waals surface area contributed by atoms with Gasteiger partial charge in [0.05, 0.1) is 6.54 Å². The van der Waals surface area contributed by atoms with Gasteiger partial charge in [-0.05, 0) is 54.1 Å². The summed E-state index contributed by atoms with van der Waals surface area (Å²) in [5.74, 6) is 0.130. The van der Waals surface area contributed by atoms with E-state index in [1.807, 2.05) is 14.0 Å². The monoisotopic (exact) mass is 346 g/mol. The lowest BCUT2D eigenvalue weighted by Gasteiger charge is -2.18. The molecule has 0 saturated carbocycles. The number of amides is 1. The third kappa shape index (κ3) is 4.63. The molecule has 0 radical (unpaired) electrons. The minimum absolute atomic E-state index is 0.130. The molecular formula is C13H19IN2O. The maximum Gasteiger partial charge on any atom is 0.236 e. The van der Waals surface area contributed by atoms with Crippen molar-refractivity contribution >= 4 is 28.5 Å². The molecule has 0 aliphatic rings. The summed E-state index contributed by atoms with van der Waals surface area (Å²) in [5.41, 5.74) is 1.21. The summed E-state index contributed by atoms with van der Waals surface area (Å²) in [5, 5.41) is 3.24. The van der Waals surface area contributed by atoms with Gasteiger partial charge in [-0.3, -0.25) is 4.79 Å². The molecule has 0 fully saturated rings. The van der Waals surface area contributed by atoms with Crippen LogP contribution in [0.3, 0.4) is 0 Å². The second-order valence-corrected chi connectivity index (χ2v) is 5.31. The van der Waals surface area contributed by atoms with Crippen LogP contribution in [-0.4, -0.2) is 30.9 Å². The van der Waals surface area contributed by atoms with Crippen molar-refractivity contribution in [2.24, 2.45) is 0 Å². The Kier molecular flexibility index (Phi) is 5.91. The molecule has 1 aromatic carbocycles. The van der Waals surface area contributed by atoms with Gasteiger partial charge in [-0.2, -0.15) is 0 Å². The SMILES string of the molecule is CCN(C)C(=O)CNC(C)c1ccc(I)cc1.